The molecular formula is C20H31NO2. The van der Waals surface area contributed by atoms with Crippen molar-refractivity contribution in [2.24, 2.45) is 5.41 Å². The first kappa shape index (κ1) is 19.3. The molecule has 0 spiro atoms. The molecule has 3 heteroatoms. The quantitative estimate of drug-likeness (QED) is 0.732. The minimum Gasteiger partial charge on any atom is -0.493 e. The van der Waals surface area contributed by atoms with E-state index in [0.717, 1.165) is 24.2 Å². The van der Waals surface area contributed by atoms with E-state index in [-0.39, 0.29) is 16.9 Å². The Bertz CT molecular complexity index is 539. The van der Waals surface area contributed by atoms with Gasteiger partial charge in [-0.1, -0.05) is 45.9 Å². The summed E-state index contributed by atoms with van der Waals surface area (Å²) in [7, 11) is 0. The maximum atomic E-state index is 12.2. The van der Waals surface area contributed by atoms with Crippen LogP contribution in [-0.2, 0) is 4.79 Å². The fourth-order valence-electron chi connectivity index (χ4n) is 2.87. The van der Waals surface area contributed by atoms with E-state index in [0.29, 0.717) is 6.61 Å². The van der Waals surface area contributed by atoms with Crippen LogP contribution in [0.4, 0.5) is 0 Å². The average Bonchev–Trinajstić information content (AvgIpc) is 2.40. The maximum Gasteiger partial charge on any atom is 0.244 e. The van der Waals surface area contributed by atoms with Crippen LogP contribution >= 0.6 is 0 Å². The Kier molecular flexibility index (Phi) is 6.86. The molecule has 0 heterocycles. The van der Waals surface area contributed by atoms with E-state index in [1.54, 1.807) is 6.08 Å². The molecule has 0 unspecified atom stereocenters. The third-order valence-corrected chi connectivity index (χ3v) is 3.23. The van der Waals surface area contributed by atoms with Crippen LogP contribution in [0.5, 0.6) is 5.75 Å². The number of carbonyl (C=O) groups excluding carboxylic acids is 1. The minimum absolute atomic E-state index is 0.0791. The van der Waals surface area contributed by atoms with E-state index in [1.807, 2.05) is 30.3 Å². The molecule has 1 rings (SSSR count). The number of hydrogen-bond donors (Lipinski definition) is 1. The van der Waals surface area contributed by atoms with Crippen LogP contribution in [-0.4, -0.2) is 18.1 Å². The summed E-state index contributed by atoms with van der Waals surface area (Å²) in [6, 6.07) is 7.76. The zero-order chi connectivity index (χ0) is 17.5. The molecular weight excluding hydrogens is 286 g/mol. The van der Waals surface area contributed by atoms with Crippen molar-refractivity contribution < 1.29 is 9.53 Å². The first-order valence-corrected chi connectivity index (χ1v) is 8.35. The summed E-state index contributed by atoms with van der Waals surface area (Å²) in [6.07, 6.45) is 5.27. The third-order valence-electron chi connectivity index (χ3n) is 3.23. The van der Waals surface area contributed by atoms with E-state index in [4.69, 9.17) is 4.74 Å². The summed E-state index contributed by atoms with van der Waals surface area (Å²) in [5, 5.41) is 3.08. The van der Waals surface area contributed by atoms with Crippen molar-refractivity contribution in [1.29, 1.82) is 0 Å². The highest BCUT2D eigenvalue weighted by molar-refractivity contribution is 5.92. The van der Waals surface area contributed by atoms with Crippen LogP contribution in [0.25, 0.3) is 6.08 Å². The summed E-state index contributed by atoms with van der Waals surface area (Å²) < 4.78 is 5.70. The molecule has 1 aromatic rings. The van der Waals surface area contributed by atoms with Crippen molar-refractivity contribution in [2.45, 2.75) is 59.9 Å². The van der Waals surface area contributed by atoms with Gasteiger partial charge in [-0.25, -0.2) is 0 Å². The second-order valence-corrected chi connectivity index (χ2v) is 7.83. The number of nitrogens with one attached hydrogen (secondary N) is 1. The van der Waals surface area contributed by atoms with Crippen molar-refractivity contribution in [3.8, 4) is 5.75 Å². The second kappa shape index (κ2) is 8.19. The van der Waals surface area contributed by atoms with Crippen LogP contribution < -0.4 is 10.1 Å². The molecule has 0 aromatic heterocycles. The molecule has 1 N–H and O–H groups in total. The average molecular weight is 317 g/mol. The van der Waals surface area contributed by atoms with Gasteiger partial charge in [-0.3, -0.25) is 4.79 Å². The van der Waals surface area contributed by atoms with Gasteiger partial charge in [-0.15, -0.1) is 0 Å². The first-order valence-electron chi connectivity index (χ1n) is 8.35. The van der Waals surface area contributed by atoms with E-state index < -0.39 is 0 Å². The lowest BCUT2D eigenvalue weighted by Crippen LogP contribution is -2.45. The molecule has 1 amide bonds. The highest BCUT2D eigenvalue weighted by atomic mass is 16.5. The smallest absolute Gasteiger partial charge is 0.244 e. The van der Waals surface area contributed by atoms with Crippen molar-refractivity contribution in [2.75, 3.05) is 6.61 Å². The Labute approximate surface area is 141 Å². The Hall–Kier alpha value is -1.77. The molecule has 0 saturated carbocycles. The number of benzene rings is 1. The second-order valence-electron chi connectivity index (χ2n) is 7.83. The Morgan fingerprint density at radius 3 is 2.43 bits per heavy atom. The van der Waals surface area contributed by atoms with Gasteiger partial charge >= 0.3 is 0 Å². The summed E-state index contributed by atoms with van der Waals surface area (Å²) in [5.74, 6) is 0.733. The third kappa shape index (κ3) is 7.87. The molecule has 0 radical (unpaired) electrons. The molecule has 0 fully saturated rings. The number of amides is 1. The van der Waals surface area contributed by atoms with Gasteiger partial charge in [-0.2, -0.15) is 0 Å². The first-order chi connectivity index (χ1) is 10.6. The van der Waals surface area contributed by atoms with Crippen molar-refractivity contribution in [3.63, 3.8) is 0 Å². The Balaban J connectivity index is 2.72. The lowest BCUT2D eigenvalue weighted by Gasteiger charge is -2.32. The van der Waals surface area contributed by atoms with Crippen LogP contribution in [0.3, 0.4) is 0 Å². The van der Waals surface area contributed by atoms with Gasteiger partial charge in [0.05, 0.1) is 6.61 Å². The molecule has 23 heavy (non-hydrogen) atoms. The van der Waals surface area contributed by atoms with Crippen LogP contribution in [0.1, 0.15) is 59.9 Å². The fraction of sp³-hybridized carbons (Fsp3) is 0.550. The Morgan fingerprint density at radius 2 is 1.83 bits per heavy atom. The number of rotatable bonds is 7. The van der Waals surface area contributed by atoms with Gasteiger partial charge in [-0.05, 0) is 44.2 Å². The number of carbonyl (C=O) groups is 1. The largest absolute Gasteiger partial charge is 0.493 e. The predicted octanol–water partition coefficient (Wildman–Crippen LogP) is 4.82. The zero-order valence-corrected chi connectivity index (χ0v) is 15.4. The molecule has 128 valence electrons. The van der Waals surface area contributed by atoms with Gasteiger partial charge in [0, 0.05) is 17.2 Å². The lowest BCUT2D eigenvalue weighted by atomic mass is 9.82. The van der Waals surface area contributed by atoms with Crippen molar-refractivity contribution in [1.82, 2.24) is 5.32 Å². The summed E-state index contributed by atoms with van der Waals surface area (Å²) in [5.41, 5.74) is 0.851. The van der Waals surface area contributed by atoms with Gasteiger partial charge in [0.2, 0.25) is 5.91 Å². The zero-order valence-electron chi connectivity index (χ0n) is 15.4. The van der Waals surface area contributed by atoms with Crippen LogP contribution in [0.15, 0.2) is 30.3 Å². The van der Waals surface area contributed by atoms with E-state index in [1.165, 1.54) is 0 Å². The number of ether oxygens (including phenoxy) is 1. The van der Waals surface area contributed by atoms with Crippen molar-refractivity contribution >= 4 is 12.0 Å². The molecule has 0 bridgehead atoms. The van der Waals surface area contributed by atoms with E-state index >= 15 is 0 Å². The topological polar surface area (TPSA) is 38.3 Å². The molecule has 0 atom stereocenters. The van der Waals surface area contributed by atoms with Gasteiger partial charge in [0.1, 0.15) is 5.75 Å². The highest BCUT2D eigenvalue weighted by Crippen LogP contribution is 2.26. The highest BCUT2D eigenvalue weighted by Gasteiger charge is 2.26. The summed E-state index contributed by atoms with van der Waals surface area (Å²) >= 11 is 0. The van der Waals surface area contributed by atoms with E-state index in [2.05, 4.69) is 46.9 Å². The lowest BCUT2D eigenvalue weighted by molar-refractivity contribution is -0.118. The predicted molar refractivity (Wildman–Crippen MR) is 97.6 cm³/mol. The van der Waals surface area contributed by atoms with Gasteiger partial charge in [0.15, 0.2) is 0 Å². The van der Waals surface area contributed by atoms with Gasteiger partial charge in [0.25, 0.3) is 0 Å². The fourth-order valence-corrected chi connectivity index (χ4v) is 2.87. The monoisotopic (exact) mass is 317 g/mol. The maximum absolute atomic E-state index is 12.2. The number of hydrogen-bond acceptors (Lipinski definition) is 2. The molecule has 0 saturated heterocycles. The van der Waals surface area contributed by atoms with Crippen LogP contribution in [0.2, 0.25) is 0 Å². The molecule has 1 aromatic carbocycles. The minimum atomic E-state index is -0.238. The summed E-state index contributed by atoms with van der Waals surface area (Å²) in [6.45, 7) is 13.4. The SMILES string of the molecule is CCCOc1ccccc1/C=C/C(=O)NC(C)(C)CC(C)(C)C. The number of para-hydroxylation sites is 1. The Morgan fingerprint density at radius 1 is 1.17 bits per heavy atom. The van der Waals surface area contributed by atoms with Gasteiger partial charge < -0.3 is 10.1 Å². The van der Waals surface area contributed by atoms with Crippen molar-refractivity contribution in [3.05, 3.63) is 35.9 Å². The molecule has 0 aliphatic rings. The summed E-state index contributed by atoms with van der Waals surface area (Å²) in [4.78, 5) is 12.2. The standard InChI is InChI=1S/C20H31NO2/c1-7-14-23-17-11-9-8-10-16(17)12-13-18(22)21-20(5,6)15-19(2,3)4/h8-13H,7,14-15H2,1-6H3,(H,21,22)/b13-12+. The molecule has 0 aliphatic heterocycles. The molecule has 3 nitrogen and oxygen atoms in total. The molecule has 0 aliphatic carbocycles. The normalized spacial score (nSPS) is 12.4. The van der Waals surface area contributed by atoms with E-state index in [9.17, 15) is 4.79 Å². The van der Waals surface area contributed by atoms with Crippen LogP contribution in [0, 0.1) is 5.41 Å².